The first-order valence-electron chi connectivity index (χ1n) is 5.42. The topological polar surface area (TPSA) is 39.2 Å². The predicted molar refractivity (Wildman–Crippen MR) is 67.4 cm³/mol. The Morgan fingerprint density at radius 2 is 2.31 bits per heavy atom. The number of pyridine rings is 1. The van der Waals surface area contributed by atoms with Crippen LogP contribution in [0.25, 0.3) is 0 Å². The van der Waals surface area contributed by atoms with Crippen LogP contribution in [0.4, 0.5) is 0 Å². The molecule has 0 fully saturated rings. The van der Waals surface area contributed by atoms with Crippen molar-refractivity contribution in [1.29, 1.82) is 0 Å². The number of halogens is 1. The van der Waals surface area contributed by atoms with Crippen molar-refractivity contribution in [3.63, 3.8) is 0 Å². The Morgan fingerprint density at radius 1 is 1.56 bits per heavy atom. The molecule has 1 aromatic rings. The highest BCUT2D eigenvalue weighted by Gasteiger charge is 2.12. The molecule has 0 saturated heterocycles. The molecule has 1 rings (SSSR count). The van der Waals surface area contributed by atoms with E-state index in [2.05, 4.69) is 27.8 Å². The van der Waals surface area contributed by atoms with Crippen molar-refractivity contribution in [2.75, 3.05) is 6.61 Å². The number of ether oxygens (including phenoxy) is 1. The zero-order chi connectivity index (χ0) is 12.0. The van der Waals surface area contributed by atoms with Gasteiger partial charge in [0.25, 0.3) is 0 Å². The minimum Gasteiger partial charge on any atom is -0.492 e. The molecule has 3 nitrogen and oxygen atoms in total. The number of alkyl halides is 1. The van der Waals surface area contributed by atoms with E-state index < -0.39 is 0 Å². The van der Waals surface area contributed by atoms with Crippen molar-refractivity contribution in [2.24, 2.45) is 0 Å². The summed E-state index contributed by atoms with van der Waals surface area (Å²) in [5.41, 5.74) is 0.465. The summed E-state index contributed by atoms with van der Waals surface area (Å²) in [4.78, 5) is 15.4. The van der Waals surface area contributed by atoms with Gasteiger partial charge in [-0.05, 0) is 25.5 Å². The van der Waals surface area contributed by atoms with Crippen molar-refractivity contribution in [3.05, 3.63) is 24.0 Å². The molecule has 1 aromatic heterocycles. The number of carbonyl (C=O) groups excluding carboxylic acids is 1. The van der Waals surface area contributed by atoms with Crippen LogP contribution in [0.1, 0.15) is 37.2 Å². The SMILES string of the molecule is CCCCOc1ccc(C(=O)C(C)Br)nc1. The normalized spacial score (nSPS) is 12.2. The van der Waals surface area contributed by atoms with E-state index in [4.69, 9.17) is 4.74 Å². The molecule has 0 aromatic carbocycles. The summed E-state index contributed by atoms with van der Waals surface area (Å²) < 4.78 is 5.46. The molecule has 0 bridgehead atoms. The van der Waals surface area contributed by atoms with Crippen LogP contribution in [0.3, 0.4) is 0 Å². The van der Waals surface area contributed by atoms with E-state index >= 15 is 0 Å². The van der Waals surface area contributed by atoms with E-state index in [1.54, 1.807) is 25.3 Å². The molecule has 0 amide bonds. The van der Waals surface area contributed by atoms with Crippen LogP contribution in [0, 0.1) is 0 Å². The van der Waals surface area contributed by atoms with Crippen molar-refractivity contribution in [2.45, 2.75) is 31.5 Å². The molecule has 0 saturated carbocycles. The fraction of sp³-hybridized carbons (Fsp3) is 0.500. The molecule has 0 aliphatic heterocycles. The highest BCUT2D eigenvalue weighted by Crippen LogP contribution is 2.13. The maximum absolute atomic E-state index is 11.6. The number of carbonyl (C=O) groups is 1. The molecule has 16 heavy (non-hydrogen) atoms. The van der Waals surface area contributed by atoms with Crippen LogP contribution >= 0.6 is 15.9 Å². The van der Waals surface area contributed by atoms with Crippen LogP contribution < -0.4 is 4.74 Å². The molecular weight excluding hydrogens is 270 g/mol. The van der Waals surface area contributed by atoms with Gasteiger partial charge in [0, 0.05) is 0 Å². The van der Waals surface area contributed by atoms with E-state index in [0.29, 0.717) is 18.1 Å². The quantitative estimate of drug-likeness (QED) is 0.458. The van der Waals surface area contributed by atoms with Gasteiger partial charge in [-0.15, -0.1) is 0 Å². The minimum atomic E-state index is -0.202. The van der Waals surface area contributed by atoms with E-state index in [-0.39, 0.29) is 10.6 Å². The Labute approximate surface area is 104 Å². The third-order valence-electron chi connectivity index (χ3n) is 2.12. The first-order valence-corrected chi connectivity index (χ1v) is 6.34. The standard InChI is InChI=1S/C12H16BrNO2/c1-3-4-7-16-10-5-6-11(14-8-10)12(15)9(2)13/h5-6,8-9H,3-4,7H2,1-2H3. The number of Topliss-reactive ketones (excluding diaryl/α,β-unsaturated/α-hetero) is 1. The van der Waals surface area contributed by atoms with E-state index in [1.807, 2.05) is 0 Å². The number of aromatic nitrogens is 1. The van der Waals surface area contributed by atoms with Crippen molar-refractivity contribution in [1.82, 2.24) is 4.98 Å². The highest BCUT2D eigenvalue weighted by atomic mass is 79.9. The summed E-state index contributed by atoms with van der Waals surface area (Å²) in [6.45, 7) is 4.59. The lowest BCUT2D eigenvalue weighted by molar-refractivity contribution is 0.0991. The summed E-state index contributed by atoms with van der Waals surface area (Å²) in [5.74, 6) is 0.701. The average molecular weight is 286 g/mol. The van der Waals surface area contributed by atoms with E-state index in [9.17, 15) is 4.79 Å². The van der Waals surface area contributed by atoms with Gasteiger partial charge < -0.3 is 4.74 Å². The second-order valence-electron chi connectivity index (χ2n) is 3.56. The Bertz CT molecular complexity index is 335. The maximum atomic E-state index is 11.6. The zero-order valence-corrected chi connectivity index (χ0v) is 11.2. The molecule has 4 heteroatoms. The lowest BCUT2D eigenvalue weighted by Crippen LogP contribution is -2.11. The number of hydrogen-bond acceptors (Lipinski definition) is 3. The van der Waals surface area contributed by atoms with Crippen LogP contribution in [0.15, 0.2) is 18.3 Å². The van der Waals surface area contributed by atoms with Gasteiger partial charge in [-0.25, -0.2) is 4.98 Å². The minimum absolute atomic E-state index is 0.0138. The van der Waals surface area contributed by atoms with Gasteiger partial charge in [-0.1, -0.05) is 29.3 Å². The van der Waals surface area contributed by atoms with E-state index in [1.165, 1.54) is 0 Å². The Morgan fingerprint density at radius 3 is 2.81 bits per heavy atom. The Balaban J connectivity index is 2.57. The number of rotatable bonds is 6. The van der Waals surface area contributed by atoms with Gasteiger partial charge in [0.1, 0.15) is 11.4 Å². The molecule has 1 atom stereocenters. The summed E-state index contributed by atoms with van der Waals surface area (Å²) in [5, 5.41) is 0. The summed E-state index contributed by atoms with van der Waals surface area (Å²) >= 11 is 3.23. The van der Waals surface area contributed by atoms with Crippen LogP contribution in [-0.4, -0.2) is 22.2 Å². The van der Waals surface area contributed by atoms with Crippen molar-refractivity contribution in [3.8, 4) is 5.75 Å². The fourth-order valence-corrected chi connectivity index (χ4v) is 1.38. The largest absolute Gasteiger partial charge is 0.492 e. The van der Waals surface area contributed by atoms with Gasteiger partial charge in [0.05, 0.1) is 17.6 Å². The molecule has 1 unspecified atom stereocenters. The summed E-state index contributed by atoms with van der Waals surface area (Å²) in [6.07, 6.45) is 3.72. The molecule has 0 N–H and O–H groups in total. The number of unbranched alkanes of at least 4 members (excludes halogenated alkanes) is 1. The number of ketones is 1. The summed E-state index contributed by atoms with van der Waals surface area (Å²) in [7, 11) is 0. The molecule has 88 valence electrons. The molecular formula is C12H16BrNO2. The second kappa shape index (κ2) is 6.63. The third kappa shape index (κ3) is 3.93. The molecule has 0 spiro atoms. The summed E-state index contributed by atoms with van der Waals surface area (Å²) in [6, 6.07) is 3.48. The number of nitrogens with zero attached hydrogens (tertiary/aromatic N) is 1. The van der Waals surface area contributed by atoms with Gasteiger partial charge in [0.15, 0.2) is 5.78 Å². The van der Waals surface area contributed by atoms with Gasteiger partial charge in [-0.2, -0.15) is 0 Å². The van der Waals surface area contributed by atoms with Crippen LogP contribution in [0.5, 0.6) is 5.75 Å². The first-order chi connectivity index (χ1) is 7.65. The zero-order valence-electron chi connectivity index (χ0n) is 9.57. The molecule has 0 aliphatic carbocycles. The number of hydrogen-bond donors (Lipinski definition) is 0. The Hall–Kier alpha value is -0.900. The molecule has 1 heterocycles. The predicted octanol–water partition coefficient (Wildman–Crippen LogP) is 3.23. The average Bonchev–Trinajstić information content (AvgIpc) is 2.29. The lowest BCUT2D eigenvalue weighted by Gasteiger charge is -2.06. The fourth-order valence-electron chi connectivity index (χ4n) is 1.15. The highest BCUT2D eigenvalue weighted by molar-refractivity contribution is 9.10. The van der Waals surface area contributed by atoms with Crippen LogP contribution in [0.2, 0.25) is 0 Å². The van der Waals surface area contributed by atoms with E-state index in [0.717, 1.165) is 12.8 Å². The van der Waals surface area contributed by atoms with Crippen molar-refractivity contribution < 1.29 is 9.53 Å². The molecule has 0 aliphatic rings. The molecule has 0 radical (unpaired) electrons. The van der Waals surface area contributed by atoms with Crippen LogP contribution in [-0.2, 0) is 0 Å². The first kappa shape index (κ1) is 13.2. The monoisotopic (exact) mass is 285 g/mol. The third-order valence-corrected chi connectivity index (χ3v) is 2.53. The Kier molecular flexibility index (Phi) is 5.46. The van der Waals surface area contributed by atoms with Crippen molar-refractivity contribution >= 4 is 21.7 Å². The van der Waals surface area contributed by atoms with Gasteiger partial charge >= 0.3 is 0 Å². The second-order valence-corrected chi connectivity index (χ2v) is 4.93. The maximum Gasteiger partial charge on any atom is 0.194 e. The smallest absolute Gasteiger partial charge is 0.194 e. The van der Waals surface area contributed by atoms with Gasteiger partial charge in [-0.3, -0.25) is 4.79 Å². The van der Waals surface area contributed by atoms with Gasteiger partial charge in [0.2, 0.25) is 0 Å². The lowest BCUT2D eigenvalue weighted by atomic mass is 10.2.